The van der Waals surface area contributed by atoms with Gasteiger partial charge in [-0.1, -0.05) is 96.3 Å². The molecule has 3 heterocycles. The van der Waals surface area contributed by atoms with Crippen molar-refractivity contribution in [3.8, 4) is 34.5 Å². The van der Waals surface area contributed by atoms with Crippen LogP contribution in [0.25, 0.3) is 32.9 Å². The normalized spacial score (nSPS) is 11.2. The van der Waals surface area contributed by atoms with Crippen LogP contribution in [0.3, 0.4) is 0 Å². The van der Waals surface area contributed by atoms with Gasteiger partial charge < -0.3 is 55.9 Å². The van der Waals surface area contributed by atoms with Crippen LogP contribution in [0.1, 0.15) is 185 Å². The third kappa shape index (κ3) is 27.2. The van der Waals surface area contributed by atoms with Gasteiger partial charge in [-0.25, -0.2) is 28.8 Å². The van der Waals surface area contributed by atoms with Crippen molar-refractivity contribution in [1.29, 1.82) is 0 Å². The lowest BCUT2D eigenvalue weighted by Crippen LogP contribution is -2.30. The number of benzene rings is 6. The molecule has 554 valence electrons. The summed E-state index contributed by atoms with van der Waals surface area (Å²) in [6.07, 6.45) is 18.0. The minimum atomic E-state index is -0.955. The first-order chi connectivity index (χ1) is 51.0. The van der Waals surface area contributed by atoms with Gasteiger partial charge in [0.2, 0.25) is 0 Å². The maximum absolute atomic E-state index is 13.1. The number of hydrogen-bond acceptors (Lipinski definition) is 21. The smallest absolute Gasteiger partial charge is 0.343 e. The van der Waals surface area contributed by atoms with Crippen LogP contribution in [0, 0.1) is 0 Å². The van der Waals surface area contributed by atoms with Crippen LogP contribution < -0.4 is 45.3 Å². The first kappa shape index (κ1) is 79.7. The van der Waals surface area contributed by atoms with Crippen LogP contribution in [-0.2, 0) is 28.6 Å². The number of hydrogen-bond donors (Lipinski definition) is 0. The standard InChI is InChI=1S/C81H83Br3O21/c82-64-46-57(79(91)100-60-34-25-54-31-40-76(88)103-70(54)49-60)28-37-67(64)94-43-19-13-7-1-4-10-16-22-73(85)97-52-63(99-75(87)24-18-12-6-3-9-15-21-45-96-69-39-30-59(48-66(69)84)81(93)102-62-36-27-56-33-42-78(90)105-72(56)51-62)53-98-74(86)23-17-11-5-2-8-14-20-44-95-68-38-29-58(47-65(68)83)80(92)101-61-35-26-55-32-41-77(89)104-71(55)50-61/h25-42,46-51,63H,1-24,43-45,52-53H2. The van der Waals surface area contributed by atoms with Gasteiger partial charge in [-0.05, 0) is 196 Å². The predicted octanol–water partition coefficient (Wildman–Crippen LogP) is 18.8. The molecule has 21 nitrogen and oxygen atoms in total. The van der Waals surface area contributed by atoms with Crippen LogP contribution in [0.4, 0.5) is 0 Å². The maximum Gasteiger partial charge on any atom is 0.343 e. The predicted molar refractivity (Wildman–Crippen MR) is 404 cm³/mol. The van der Waals surface area contributed by atoms with Gasteiger partial charge in [-0.2, -0.15) is 0 Å². The Morgan fingerprint density at radius 2 is 0.590 bits per heavy atom. The SMILES string of the molecule is O=C(CCCCCCCCCOc1ccc(C(=O)Oc2ccc3ccc(=O)oc3c2)cc1Br)OCC(COC(=O)CCCCCCCCCOc1ccc(C(=O)Oc2ccc3ccc(=O)oc3c2)cc1Br)OC(=O)CCCCCCCCCOc1ccc(C(=O)Oc2ccc3ccc(=O)oc3c2)cc1Br. The Morgan fingerprint density at radius 1 is 0.314 bits per heavy atom. The zero-order chi connectivity index (χ0) is 74.1. The van der Waals surface area contributed by atoms with Crippen LogP contribution in [0.15, 0.2) is 187 Å². The first-order valence-electron chi connectivity index (χ1n) is 35.5. The fourth-order valence-electron chi connectivity index (χ4n) is 11.2. The average Bonchev–Trinajstić information content (AvgIpc) is 0.830. The molecule has 0 atom stereocenters. The number of fused-ring (bicyclic) bond motifs is 3. The van der Waals surface area contributed by atoms with Crippen molar-refractivity contribution in [3.63, 3.8) is 0 Å². The summed E-state index contributed by atoms with van der Waals surface area (Å²) in [6, 6.07) is 38.2. The molecule has 0 bridgehead atoms. The van der Waals surface area contributed by atoms with Gasteiger partial charge in [0.05, 0.1) is 49.9 Å². The molecule has 0 radical (unpaired) electrons. The van der Waals surface area contributed by atoms with Crippen molar-refractivity contribution in [1.82, 2.24) is 0 Å². The lowest BCUT2D eigenvalue weighted by molar-refractivity contribution is -0.167. The molecule has 105 heavy (non-hydrogen) atoms. The number of ether oxygens (including phenoxy) is 9. The fourth-order valence-corrected chi connectivity index (χ4v) is 12.7. The zero-order valence-corrected chi connectivity index (χ0v) is 62.9. The van der Waals surface area contributed by atoms with E-state index in [4.69, 9.17) is 55.9 Å². The number of esters is 6. The van der Waals surface area contributed by atoms with Gasteiger partial charge in [0.25, 0.3) is 0 Å². The molecule has 9 aromatic rings. The molecule has 0 saturated heterocycles. The second-order valence-electron chi connectivity index (χ2n) is 25.2. The van der Waals surface area contributed by atoms with Gasteiger partial charge in [0.1, 0.15) is 64.5 Å². The van der Waals surface area contributed by atoms with E-state index >= 15 is 0 Å². The van der Waals surface area contributed by atoms with Crippen molar-refractivity contribution in [2.75, 3.05) is 33.0 Å². The van der Waals surface area contributed by atoms with E-state index in [1.165, 1.54) is 36.4 Å². The lowest BCUT2D eigenvalue weighted by atomic mass is 10.1. The van der Waals surface area contributed by atoms with Gasteiger partial charge in [0.15, 0.2) is 6.10 Å². The molecule has 0 unspecified atom stereocenters. The van der Waals surface area contributed by atoms with E-state index in [1.54, 1.807) is 109 Å². The molecule has 24 heteroatoms. The number of carbonyl (C=O) groups is 6. The Balaban J connectivity index is 0.617. The monoisotopic (exact) mass is 1630 g/mol. The molecule has 0 spiro atoms. The van der Waals surface area contributed by atoms with Crippen LogP contribution in [-0.4, -0.2) is 75.0 Å². The molecule has 0 aliphatic rings. The number of rotatable bonds is 44. The van der Waals surface area contributed by atoms with Gasteiger partial charge in [-0.15, -0.1) is 0 Å². The van der Waals surface area contributed by atoms with Gasteiger partial charge >= 0.3 is 52.7 Å². The van der Waals surface area contributed by atoms with Crippen molar-refractivity contribution < 1.29 is 84.7 Å². The van der Waals surface area contributed by atoms with Crippen molar-refractivity contribution in [3.05, 3.63) is 207 Å². The molecule has 0 fully saturated rings. The molecule has 0 N–H and O–H groups in total. The Kier molecular flexibility index (Phi) is 32.3. The fraction of sp³-hybridized carbons (Fsp3) is 0.370. The second-order valence-corrected chi connectivity index (χ2v) is 27.7. The Bertz CT molecular complexity index is 4410. The Labute approximate surface area is 631 Å². The second kappa shape index (κ2) is 42.5. The van der Waals surface area contributed by atoms with Crippen LogP contribution >= 0.6 is 47.8 Å². The van der Waals surface area contributed by atoms with E-state index in [1.807, 2.05) is 0 Å². The Morgan fingerprint density at radius 3 is 0.895 bits per heavy atom. The molecule has 0 aliphatic carbocycles. The highest BCUT2D eigenvalue weighted by Gasteiger charge is 2.21. The average molecular weight is 1630 g/mol. The van der Waals surface area contributed by atoms with Gasteiger partial charge in [-0.3, -0.25) is 14.4 Å². The third-order valence-corrected chi connectivity index (χ3v) is 18.8. The first-order valence-corrected chi connectivity index (χ1v) is 37.9. The summed E-state index contributed by atoms with van der Waals surface area (Å²) in [6.45, 7) is 0.990. The molecule has 6 aromatic carbocycles. The number of halogens is 3. The largest absolute Gasteiger partial charge is 0.492 e. The summed E-state index contributed by atoms with van der Waals surface area (Å²) in [5.41, 5.74) is 0.383. The highest BCUT2D eigenvalue weighted by molar-refractivity contribution is 9.11. The number of unbranched alkanes of at least 4 members (excludes halogenated alkanes) is 18. The van der Waals surface area contributed by atoms with E-state index in [0.29, 0.717) is 119 Å². The molecule has 0 saturated carbocycles. The molecular formula is C81H83Br3O21. The van der Waals surface area contributed by atoms with E-state index in [9.17, 15) is 43.2 Å². The van der Waals surface area contributed by atoms with Crippen LogP contribution in [0.5, 0.6) is 34.5 Å². The summed E-state index contributed by atoms with van der Waals surface area (Å²) in [7, 11) is 0. The summed E-state index contributed by atoms with van der Waals surface area (Å²) >= 11 is 10.5. The topological polar surface area (TPSA) is 276 Å². The summed E-state index contributed by atoms with van der Waals surface area (Å²) in [4.78, 5) is 113. The molecular weight excluding hydrogens is 1550 g/mol. The molecule has 3 aromatic heterocycles. The zero-order valence-electron chi connectivity index (χ0n) is 58.1. The number of carbonyl (C=O) groups excluding carboxylic acids is 6. The van der Waals surface area contributed by atoms with Gasteiger partial charge in [0, 0.05) is 71.8 Å². The molecule has 0 aliphatic heterocycles. The molecule has 9 rings (SSSR count). The summed E-state index contributed by atoms with van der Waals surface area (Å²) < 4.78 is 68.8. The highest BCUT2D eigenvalue weighted by atomic mass is 79.9. The minimum Gasteiger partial charge on any atom is -0.492 e. The van der Waals surface area contributed by atoms with Crippen molar-refractivity contribution in [2.24, 2.45) is 0 Å². The lowest BCUT2D eigenvalue weighted by Gasteiger charge is -2.18. The van der Waals surface area contributed by atoms with E-state index in [2.05, 4.69) is 47.8 Å². The summed E-state index contributed by atoms with van der Waals surface area (Å²) in [5, 5.41) is 2.11. The minimum absolute atomic E-state index is 0.163. The highest BCUT2D eigenvalue weighted by Crippen LogP contribution is 2.32. The maximum atomic E-state index is 13.1. The van der Waals surface area contributed by atoms with Crippen molar-refractivity contribution >= 4 is 117 Å². The third-order valence-electron chi connectivity index (χ3n) is 16.9. The van der Waals surface area contributed by atoms with Crippen LogP contribution in [0.2, 0.25) is 0 Å². The van der Waals surface area contributed by atoms with E-state index < -0.39 is 58.8 Å². The Hall–Kier alpha value is -9.39. The van der Waals surface area contributed by atoms with E-state index in [-0.39, 0.29) is 49.7 Å². The molecule has 0 amide bonds. The van der Waals surface area contributed by atoms with Crippen molar-refractivity contribution in [2.45, 2.75) is 160 Å². The van der Waals surface area contributed by atoms with E-state index in [0.717, 1.165) is 116 Å². The summed E-state index contributed by atoms with van der Waals surface area (Å²) in [5.74, 6) is -0.515. The quantitative estimate of drug-likeness (QED) is 0.0113.